The molecule has 0 aliphatic heterocycles. The number of anilines is 3. The number of amides is 2. The Bertz CT molecular complexity index is 1290. The van der Waals surface area contributed by atoms with Crippen molar-refractivity contribution < 1.29 is 11.0 Å². The predicted octanol–water partition coefficient (Wildman–Crippen LogP) is 3.59. The average molecular weight is 497 g/mol. The maximum atomic E-state index is 13.3. The summed E-state index contributed by atoms with van der Waals surface area (Å²) < 4.78 is 3.83. The van der Waals surface area contributed by atoms with Crippen molar-refractivity contribution in [2.45, 2.75) is 57.9 Å². The number of carbonyl (C=O) groups is 2. The molecule has 3 aliphatic carbocycles. The van der Waals surface area contributed by atoms with Gasteiger partial charge >= 0.3 is 0 Å². The third kappa shape index (κ3) is 4.56. The van der Waals surface area contributed by atoms with E-state index in [-0.39, 0.29) is 25.2 Å². The van der Waals surface area contributed by atoms with Gasteiger partial charge in [-0.2, -0.15) is 5.10 Å². The molecule has 3 aliphatic rings. The molecule has 6 rings (SSSR count). The Morgan fingerprint density at radius 1 is 1.23 bits per heavy atom. The van der Waals surface area contributed by atoms with Crippen molar-refractivity contribution >= 4 is 39.9 Å². The molecular weight excluding hydrogens is 464 g/mol. The van der Waals surface area contributed by atoms with Crippen molar-refractivity contribution in [1.29, 1.82) is 0 Å². The Morgan fingerprint density at radius 3 is 2.77 bits per heavy atom. The van der Waals surface area contributed by atoms with E-state index in [9.17, 15) is 9.59 Å². The first-order chi connectivity index (χ1) is 17.0. The minimum absolute atomic E-state index is 0. The van der Waals surface area contributed by atoms with Gasteiger partial charge in [-0.25, -0.2) is 0 Å². The Labute approximate surface area is 209 Å². The number of hydrogen-bond acceptors (Lipinski definition) is 7. The number of carbonyl (C=O) groups excluding carboxylic acids is 2. The van der Waals surface area contributed by atoms with E-state index in [2.05, 4.69) is 35.8 Å². The van der Waals surface area contributed by atoms with Crippen LogP contribution in [-0.4, -0.2) is 42.9 Å². The number of fused-ring (bicyclic) bond motifs is 1. The molecule has 2 saturated carbocycles. The molecule has 0 bridgehead atoms. The summed E-state index contributed by atoms with van der Waals surface area (Å²) in [7, 11) is 1.89. The molecule has 2 amide bonds. The number of thiophene rings is 1. The number of nitrogens with one attached hydrogen (secondary N) is 3. The summed E-state index contributed by atoms with van der Waals surface area (Å²) in [6.07, 6.45) is 8.40. The second-order valence-electron chi connectivity index (χ2n) is 10.0. The Balaban J connectivity index is 0.00000267. The van der Waals surface area contributed by atoms with Gasteiger partial charge in [0.15, 0.2) is 0 Å². The molecule has 10 nitrogen and oxygen atoms in total. The highest BCUT2D eigenvalue weighted by molar-refractivity contribution is 7.17. The van der Waals surface area contributed by atoms with Crippen LogP contribution in [0.15, 0.2) is 12.4 Å². The van der Waals surface area contributed by atoms with Crippen molar-refractivity contribution in [3.05, 3.63) is 34.1 Å². The van der Waals surface area contributed by atoms with Crippen LogP contribution in [0, 0.1) is 18.8 Å². The van der Waals surface area contributed by atoms with Gasteiger partial charge in [-0.15, -0.1) is 21.5 Å². The smallest absolute Gasteiger partial charge is 0.254 e. The third-order valence-electron chi connectivity index (χ3n) is 7.10. The first kappa shape index (κ1) is 22.3. The summed E-state index contributed by atoms with van der Waals surface area (Å²) >= 11 is 1.56. The second kappa shape index (κ2) is 8.78. The molecule has 0 saturated heterocycles. The zero-order valence-electron chi connectivity index (χ0n) is 20.0. The van der Waals surface area contributed by atoms with Crippen LogP contribution in [0.3, 0.4) is 0 Å². The Hall–Kier alpha value is -3.21. The molecule has 35 heavy (non-hydrogen) atoms. The van der Waals surface area contributed by atoms with Crippen LogP contribution in [0.2, 0.25) is 0 Å². The van der Waals surface area contributed by atoms with Gasteiger partial charge in [0.1, 0.15) is 17.1 Å². The average Bonchev–Trinajstić information content (AvgIpc) is 3.74. The highest BCUT2D eigenvalue weighted by Gasteiger charge is 2.35. The highest BCUT2D eigenvalue weighted by Crippen LogP contribution is 2.42. The predicted molar refractivity (Wildman–Crippen MR) is 135 cm³/mol. The molecule has 2 fully saturated rings. The zero-order valence-corrected chi connectivity index (χ0v) is 20.8. The summed E-state index contributed by atoms with van der Waals surface area (Å²) in [5.41, 5.74) is 2.61. The van der Waals surface area contributed by atoms with Crippen LogP contribution < -0.4 is 16.0 Å². The van der Waals surface area contributed by atoms with Crippen LogP contribution in [0.4, 0.5) is 16.8 Å². The van der Waals surface area contributed by atoms with Gasteiger partial charge in [0.05, 0.1) is 11.3 Å². The normalized spacial score (nSPS) is 19.3. The van der Waals surface area contributed by atoms with Crippen LogP contribution in [0.25, 0.3) is 0 Å². The molecule has 3 aromatic rings. The first-order valence-corrected chi connectivity index (χ1v) is 13.2. The lowest BCUT2D eigenvalue weighted by Crippen LogP contribution is -2.28. The fraction of sp³-hybridized carbons (Fsp3) is 0.542. The molecule has 186 valence electrons. The van der Waals surface area contributed by atoms with E-state index in [0.717, 1.165) is 42.8 Å². The number of aromatic nitrogens is 5. The third-order valence-corrected chi connectivity index (χ3v) is 8.31. The molecule has 0 spiro atoms. The molecular formula is C24H32N8O2S. The number of hydrogen-bond donors (Lipinski definition) is 3. The summed E-state index contributed by atoms with van der Waals surface area (Å²) in [5.74, 6) is 2.13. The van der Waals surface area contributed by atoms with Gasteiger partial charge in [0, 0.05) is 37.9 Å². The monoisotopic (exact) mass is 496 g/mol. The fourth-order valence-corrected chi connectivity index (χ4v) is 6.02. The van der Waals surface area contributed by atoms with Crippen LogP contribution in [-0.2, 0) is 24.7 Å². The topological polar surface area (TPSA) is 119 Å². The van der Waals surface area contributed by atoms with E-state index in [1.54, 1.807) is 22.3 Å². The lowest BCUT2D eigenvalue weighted by Gasteiger charge is -2.25. The maximum Gasteiger partial charge on any atom is 0.254 e. The zero-order chi connectivity index (χ0) is 24.1. The molecule has 11 heteroatoms. The van der Waals surface area contributed by atoms with Gasteiger partial charge in [0.25, 0.3) is 5.91 Å². The Morgan fingerprint density at radius 2 is 2.06 bits per heavy atom. The Kier molecular flexibility index (Phi) is 5.58. The molecule has 3 heterocycles. The van der Waals surface area contributed by atoms with Crippen LogP contribution in [0.1, 0.15) is 66.1 Å². The largest absolute Gasteiger partial charge is 0.352 e. The number of aryl methyl sites for hydroxylation is 3. The molecule has 1 atom stereocenters. The number of rotatable bonds is 8. The maximum absolute atomic E-state index is 13.3. The first-order valence-electron chi connectivity index (χ1n) is 12.4. The number of nitrogens with zero attached hydrogens (tertiary/aromatic N) is 5. The minimum Gasteiger partial charge on any atom is -0.352 e. The van der Waals surface area contributed by atoms with Crippen molar-refractivity contribution in [3.8, 4) is 0 Å². The van der Waals surface area contributed by atoms with E-state index in [1.807, 2.05) is 20.0 Å². The van der Waals surface area contributed by atoms with Crippen molar-refractivity contribution in [3.63, 3.8) is 0 Å². The summed E-state index contributed by atoms with van der Waals surface area (Å²) in [6, 6.07) is 2.07. The molecule has 3 N–H and O–H groups in total. The SMILES string of the molecule is Cc1cc(Nc2nncn2[C@@H]2CCc3sc(NC(=O)C4CC4)c(C(=O)NCC4CC4)c3C2)n(C)n1.[HH]. The molecule has 0 radical (unpaired) electrons. The highest BCUT2D eigenvalue weighted by atomic mass is 32.1. The minimum atomic E-state index is -0.0754. The van der Waals surface area contributed by atoms with Crippen LogP contribution in [0.5, 0.6) is 0 Å². The van der Waals surface area contributed by atoms with Gasteiger partial charge < -0.3 is 16.0 Å². The summed E-state index contributed by atoms with van der Waals surface area (Å²) in [4.78, 5) is 27.1. The second-order valence-corrected chi connectivity index (χ2v) is 11.1. The van der Waals surface area contributed by atoms with Crippen molar-refractivity contribution in [2.75, 3.05) is 17.2 Å². The van der Waals surface area contributed by atoms with Crippen molar-refractivity contribution in [2.24, 2.45) is 18.9 Å². The van der Waals surface area contributed by atoms with E-state index in [4.69, 9.17) is 0 Å². The van der Waals surface area contributed by atoms with E-state index in [0.29, 0.717) is 35.4 Å². The van der Waals surface area contributed by atoms with E-state index in [1.165, 1.54) is 17.7 Å². The van der Waals surface area contributed by atoms with Crippen molar-refractivity contribution in [1.82, 2.24) is 29.9 Å². The standard InChI is InChI=1S/C24H30N8O2S.H2/c1-13-9-19(31(2)30-13)27-24-29-26-12-32(24)16-7-8-18-17(10-16)20(22(34)25-11-14-3-4-14)23(35-18)28-21(33)15-5-6-15;/h9,12,14-16H,3-8,10-11H2,1-2H3,(H,25,34)(H,27,29)(H,28,33);1H/t16-;/m1./s1. The van der Waals surface area contributed by atoms with Gasteiger partial charge in [-0.3, -0.25) is 18.8 Å². The van der Waals surface area contributed by atoms with Crippen LogP contribution >= 0.6 is 11.3 Å². The van der Waals surface area contributed by atoms with Gasteiger partial charge in [-0.05, 0) is 63.4 Å². The van der Waals surface area contributed by atoms with Gasteiger partial charge in [-0.1, -0.05) is 0 Å². The van der Waals surface area contributed by atoms with Gasteiger partial charge in [0.2, 0.25) is 11.9 Å². The summed E-state index contributed by atoms with van der Waals surface area (Å²) in [6.45, 7) is 2.65. The fourth-order valence-electron chi connectivity index (χ4n) is 4.78. The quantitative estimate of drug-likeness (QED) is 0.439. The molecule has 3 aromatic heterocycles. The lowest BCUT2D eigenvalue weighted by atomic mass is 9.91. The molecule has 0 unspecified atom stereocenters. The molecule has 0 aromatic carbocycles. The summed E-state index contributed by atoms with van der Waals surface area (Å²) in [5, 5.41) is 23.1. The van der Waals surface area contributed by atoms with E-state index >= 15 is 0 Å². The lowest BCUT2D eigenvalue weighted by molar-refractivity contribution is -0.117. The van der Waals surface area contributed by atoms with E-state index < -0.39 is 0 Å².